The summed E-state index contributed by atoms with van der Waals surface area (Å²) in [6, 6.07) is 0. The van der Waals surface area contributed by atoms with Crippen molar-refractivity contribution < 1.29 is 35.8 Å². The Morgan fingerprint density at radius 2 is 1.32 bits per heavy atom. The summed E-state index contributed by atoms with van der Waals surface area (Å²) in [6.45, 7) is -0.181. The van der Waals surface area contributed by atoms with E-state index < -0.39 is 59.6 Å². The second-order valence-electron chi connectivity index (χ2n) is 5.92. The lowest BCUT2D eigenvalue weighted by Gasteiger charge is -2.41. The molecule has 0 radical (unpaired) electrons. The summed E-state index contributed by atoms with van der Waals surface area (Å²) in [7, 11) is 0. The minimum absolute atomic E-state index is 0.181. The second kappa shape index (κ2) is 2.89. The Labute approximate surface area is 103 Å². The molecule has 6 unspecified atom stereocenters. The van der Waals surface area contributed by atoms with Gasteiger partial charge in [-0.25, -0.2) is 13.2 Å². The summed E-state index contributed by atoms with van der Waals surface area (Å²) in [5, 5.41) is 9.41. The van der Waals surface area contributed by atoms with Crippen molar-refractivity contribution in [2.75, 3.05) is 0 Å². The van der Waals surface area contributed by atoms with Crippen LogP contribution in [-0.2, 0) is 0 Å². The van der Waals surface area contributed by atoms with E-state index in [1.165, 1.54) is 0 Å². The summed E-state index contributed by atoms with van der Waals surface area (Å²) < 4.78 is 98.3. The molecule has 0 heterocycles. The smallest absolute Gasteiger partial charge is 0.324 e. The van der Waals surface area contributed by atoms with E-state index in [9.17, 15) is 35.8 Å². The van der Waals surface area contributed by atoms with Gasteiger partial charge in [0, 0.05) is 11.8 Å². The molecular formula is C11H11F7O. The highest BCUT2D eigenvalue weighted by Crippen LogP contribution is 2.78. The van der Waals surface area contributed by atoms with E-state index in [2.05, 4.69) is 0 Å². The van der Waals surface area contributed by atoms with Gasteiger partial charge in [-0.15, -0.1) is 0 Å². The van der Waals surface area contributed by atoms with Crippen LogP contribution in [0.25, 0.3) is 0 Å². The molecular weight excluding hydrogens is 281 g/mol. The molecule has 1 nitrogen and oxygen atoms in total. The van der Waals surface area contributed by atoms with Crippen molar-refractivity contribution in [3.8, 4) is 0 Å². The molecule has 0 aliphatic heterocycles. The Morgan fingerprint density at radius 1 is 0.842 bits per heavy atom. The second-order valence-corrected chi connectivity index (χ2v) is 5.92. The number of rotatable bonds is 0. The summed E-state index contributed by atoms with van der Waals surface area (Å²) in [5.74, 6) is -14.2. The van der Waals surface area contributed by atoms with E-state index >= 15 is 0 Å². The molecule has 0 aromatic rings. The lowest BCUT2D eigenvalue weighted by molar-refractivity contribution is -0.231. The molecule has 3 aliphatic carbocycles. The van der Waals surface area contributed by atoms with Crippen molar-refractivity contribution in [1.82, 2.24) is 0 Å². The van der Waals surface area contributed by atoms with E-state index in [0.29, 0.717) is 0 Å². The third-order valence-corrected chi connectivity index (χ3v) is 5.23. The van der Waals surface area contributed by atoms with Crippen LogP contribution in [0.5, 0.6) is 0 Å². The Balaban J connectivity index is 2.31. The summed E-state index contributed by atoms with van der Waals surface area (Å²) in [6.07, 6.45) is -2.85. The minimum Gasteiger partial charge on any atom is -0.393 e. The van der Waals surface area contributed by atoms with Crippen molar-refractivity contribution in [1.29, 1.82) is 0 Å². The third kappa shape index (κ3) is 0.892. The van der Waals surface area contributed by atoms with E-state index in [1.807, 2.05) is 0 Å². The number of aliphatic hydroxyl groups excluding tert-OH is 1. The fourth-order valence-corrected chi connectivity index (χ4v) is 4.16. The van der Waals surface area contributed by atoms with Crippen LogP contribution in [-0.4, -0.2) is 40.1 Å². The van der Waals surface area contributed by atoms with Gasteiger partial charge >= 0.3 is 11.8 Å². The fourth-order valence-electron chi connectivity index (χ4n) is 4.16. The first-order valence-corrected chi connectivity index (χ1v) is 5.87. The molecule has 3 saturated carbocycles. The molecule has 8 heteroatoms. The highest BCUT2D eigenvalue weighted by atomic mass is 19.3. The third-order valence-electron chi connectivity index (χ3n) is 5.23. The molecule has 6 atom stereocenters. The summed E-state index contributed by atoms with van der Waals surface area (Å²) >= 11 is 0. The molecule has 0 aromatic carbocycles. The van der Waals surface area contributed by atoms with Gasteiger partial charge in [0.15, 0.2) is 0 Å². The standard InChI is InChI=1S/C11H11F7O/c1-7(12)10(15,16)8(13)4-2-5(6(19)3-4)9(8,14)11(7,17)18/h4-6,19H,2-3H2,1H3. The summed E-state index contributed by atoms with van der Waals surface area (Å²) in [5.41, 5.74) is -13.3. The molecule has 3 aliphatic rings. The van der Waals surface area contributed by atoms with Crippen LogP contribution in [0.4, 0.5) is 30.7 Å². The average Bonchev–Trinajstić information content (AvgIpc) is 2.77. The molecule has 3 fully saturated rings. The molecule has 1 N–H and O–H groups in total. The van der Waals surface area contributed by atoms with Crippen LogP contribution in [0.15, 0.2) is 0 Å². The summed E-state index contributed by atoms with van der Waals surface area (Å²) in [4.78, 5) is 0. The molecule has 0 aromatic heterocycles. The van der Waals surface area contributed by atoms with Crippen molar-refractivity contribution in [2.24, 2.45) is 11.8 Å². The van der Waals surface area contributed by atoms with Gasteiger partial charge in [0.1, 0.15) is 0 Å². The maximum atomic E-state index is 14.6. The predicted octanol–water partition coefficient (Wildman–Crippen LogP) is 2.82. The van der Waals surface area contributed by atoms with Crippen LogP contribution >= 0.6 is 0 Å². The average molecular weight is 292 g/mol. The molecule has 2 bridgehead atoms. The Hall–Kier alpha value is -0.530. The molecule has 0 saturated heterocycles. The van der Waals surface area contributed by atoms with E-state index in [-0.39, 0.29) is 6.92 Å². The maximum Gasteiger partial charge on any atom is 0.324 e. The van der Waals surface area contributed by atoms with Crippen molar-refractivity contribution in [2.45, 2.75) is 54.7 Å². The zero-order chi connectivity index (χ0) is 14.6. The van der Waals surface area contributed by atoms with Gasteiger partial charge < -0.3 is 5.11 Å². The number of alkyl halides is 7. The monoisotopic (exact) mass is 292 g/mol. The molecule has 110 valence electrons. The number of halogens is 7. The fraction of sp³-hybridized carbons (Fsp3) is 1.00. The largest absolute Gasteiger partial charge is 0.393 e. The lowest BCUT2D eigenvalue weighted by atomic mass is 9.73. The molecule has 0 spiro atoms. The quantitative estimate of drug-likeness (QED) is 0.681. The minimum atomic E-state index is -5.21. The number of aliphatic hydroxyl groups is 1. The van der Waals surface area contributed by atoms with Crippen molar-refractivity contribution in [3.63, 3.8) is 0 Å². The van der Waals surface area contributed by atoms with Crippen LogP contribution in [0.2, 0.25) is 0 Å². The van der Waals surface area contributed by atoms with E-state index in [1.54, 1.807) is 0 Å². The SMILES string of the molecule is CC1(F)C(F)(F)C2(F)C3CC(O)C(C3)C2(F)C1(F)F. The van der Waals surface area contributed by atoms with Crippen LogP contribution in [0, 0.1) is 11.8 Å². The zero-order valence-electron chi connectivity index (χ0n) is 9.74. The highest BCUT2D eigenvalue weighted by molar-refractivity contribution is 5.40. The first-order valence-electron chi connectivity index (χ1n) is 5.87. The topological polar surface area (TPSA) is 20.2 Å². The zero-order valence-corrected chi connectivity index (χ0v) is 9.74. The lowest BCUT2D eigenvalue weighted by Crippen LogP contribution is -2.63. The Kier molecular flexibility index (Phi) is 2.05. The normalized spacial score (nSPS) is 61.4. The number of hydrogen-bond acceptors (Lipinski definition) is 1. The molecule has 3 rings (SSSR count). The van der Waals surface area contributed by atoms with Gasteiger partial charge in [-0.1, -0.05) is 0 Å². The predicted molar refractivity (Wildman–Crippen MR) is 49.3 cm³/mol. The van der Waals surface area contributed by atoms with Gasteiger partial charge in [-0.2, -0.15) is 17.6 Å². The number of fused-ring (bicyclic) bond motifs is 5. The van der Waals surface area contributed by atoms with E-state index in [0.717, 1.165) is 0 Å². The molecule has 0 amide bonds. The van der Waals surface area contributed by atoms with Crippen molar-refractivity contribution in [3.05, 3.63) is 0 Å². The number of hydrogen-bond donors (Lipinski definition) is 1. The first kappa shape index (κ1) is 13.5. The van der Waals surface area contributed by atoms with E-state index in [4.69, 9.17) is 0 Å². The van der Waals surface area contributed by atoms with Gasteiger partial charge in [0.05, 0.1) is 6.10 Å². The highest BCUT2D eigenvalue weighted by Gasteiger charge is 3.01. The molecule has 19 heavy (non-hydrogen) atoms. The van der Waals surface area contributed by atoms with Gasteiger partial charge in [-0.05, 0) is 19.8 Å². The van der Waals surface area contributed by atoms with Crippen LogP contribution in [0.1, 0.15) is 19.8 Å². The van der Waals surface area contributed by atoms with Gasteiger partial charge in [-0.3, -0.25) is 0 Å². The van der Waals surface area contributed by atoms with Crippen LogP contribution in [0.3, 0.4) is 0 Å². The van der Waals surface area contributed by atoms with Gasteiger partial charge in [0.25, 0.3) is 0 Å². The Bertz CT molecular complexity index is 450. The Morgan fingerprint density at radius 3 is 1.84 bits per heavy atom. The van der Waals surface area contributed by atoms with Crippen molar-refractivity contribution >= 4 is 0 Å². The first-order chi connectivity index (χ1) is 8.37. The van der Waals surface area contributed by atoms with Gasteiger partial charge in [0.2, 0.25) is 17.0 Å². The maximum absolute atomic E-state index is 14.6. The van der Waals surface area contributed by atoms with Crippen LogP contribution < -0.4 is 0 Å².